The van der Waals surface area contributed by atoms with Gasteiger partial charge in [-0.05, 0) is 59.3 Å². The number of para-hydroxylation sites is 1. The lowest BCUT2D eigenvalue weighted by Crippen LogP contribution is -2.28. The zero-order chi connectivity index (χ0) is 25.9. The number of hydrogen-bond acceptors (Lipinski definition) is 5. The molecule has 0 aliphatic heterocycles. The molecule has 5 rings (SSSR count). The van der Waals surface area contributed by atoms with E-state index in [-0.39, 0.29) is 24.1 Å². The summed E-state index contributed by atoms with van der Waals surface area (Å²) in [5.74, 6) is 0.113. The van der Waals surface area contributed by atoms with Gasteiger partial charge in [0.25, 0.3) is 5.91 Å². The summed E-state index contributed by atoms with van der Waals surface area (Å²) >= 11 is 18.9. The summed E-state index contributed by atoms with van der Waals surface area (Å²) in [5.41, 5.74) is 3.79. The first-order chi connectivity index (χ1) is 17.9. The third-order valence-electron chi connectivity index (χ3n) is 5.83. The Bertz CT molecular complexity index is 1550. The van der Waals surface area contributed by atoms with Crippen LogP contribution in [0, 0.1) is 0 Å². The Hall–Kier alpha value is -3.72. The third kappa shape index (κ3) is 5.36. The maximum absolute atomic E-state index is 13.7. The number of halogens is 3. The minimum Gasteiger partial charge on any atom is -0.344 e. The lowest BCUT2D eigenvalue weighted by Gasteiger charge is -2.14. The Morgan fingerprint density at radius 2 is 1.78 bits per heavy atom. The van der Waals surface area contributed by atoms with E-state index in [0.717, 1.165) is 11.1 Å². The molecule has 186 valence electrons. The molecule has 5 aromatic rings. The van der Waals surface area contributed by atoms with Crippen LogP contribution in [0.15, 0.2) is 72.8 Å². The number of amides is 1. The molecule has 3 aromatic carbocycles. The summed E-state index contributed by atoms with van der Waals surface area (Å²) in [6.07, 6.45) is 0.226. The summed E-state index contributed by atoms with van der Waals surface area (Å²) in [5, 5.41) is 23.6. The van der Waals surface area contributed by atoms with Crippen LogP contribution in [0.2, 0.25) is 15.1 Å². The van der Waals surface area contributed by atoms with Crippen molar-refractivity contribution in [2.45, 2.75) is 19.4 Å². The Labute approximate surface area is 227 Å². The number of hydrogen-bond donors (Lipinski definition) is 2. The van der Waals surface area contributed by atoms with E-state index in [1.54, 1.807) is 28.9 Å². The zero-order valence-corrected chi connectivity index (χ0v) is 21.8. The largest absolute Gasteiger partial charge is 0.344 e. The molecule has 0 radical (unpaired) electrons. The molecule has 0 aliphatic rings. The number of aromatic nitrogens is 6. The maximum Gasteiger partial charge on any atom is 0.272 e. The van der Waals surface area contributed by atoms with Gasteiger partial charge in [-0.25, -0.2) is 9.78 Å². The van der Waals surface area contributed by atoms with Gasteiger partial charge in [0.15, 0.2) is 11.5 Å². The molecule has 11 heteroatoms. The highest BCUT2D eigenvalue weighted by atomic mass is 35.5. The number of nitrogens with zero attached hydrogens (tertiary/aromatic N) is 5. The first-order valence-electron chi connectivity index (χ1n) is 11.3. The molecule has 37 heavy (non-hydrogen) atoms. The second-order valence-electron chi connectivity index (χ2n) is 8.32. The third-order valence-corrected chi connectivity index (χ3v) is 6.63. The average molecular weight is 553 g/mol. The number of carbonyl (C=O) groups is 1. The van der Waals surface area contributed by atoms with Gasteiger partial charge in [0.1, 0.15) is 0 Å². The highest BCUT2D eigenvalue weighted by Crippen LogP contribution is 2.34. The van der Waals surface area contributed by atoms with Gasteiger partial charge in [-0.3, -0.25) is 4.79 Å². The minimum atomic E-state index is -0.365. The molecule has 0 spiro atoms. The lowest BCUT2D eigenvalue weighted by molar-refractivity contribution is 0.0933. The van der Waals surface area contributed by atoms with Crippen molar-refractivity contribution in [3.05, 3.63) is 111 Å². The van der Waals surface area contributed by atoms with Crippen LogP contribution in [0.1, 0.15) is 40.4 Å². The second kappa shape index (κ2) is 10.7. The van der Waals surface area contributed by atoms with Crippen molar-refractivity contribution in [2.24, 2.45) is 0 Å². The van der Waals surface area contributed by atoms with Crippen molar-refractivity contribution in [1.82, 2.24) is 35.7 Å². The predicted molar refractivity (Wildman–Crippen MR) is 143 cm³/mol. The highest BCUT2D eigenvalue weighted by Gasteiger charge is 2.27. The summed E-state index contributed by atoms with van der Waals surface area (Å²) in [6, 6.07) is 21.6. The molecule has 2 aromatic heterocycles. The quantitative estimate of drug-likeness (QED) is 0.254. The number of carbonyl (C=O) groups excluding carboxylic acids is 1. The summed E-state index contributed by atoms with van der Waals surface area (Å²) in [6.45, 7) is 1.88. The highest BCUT2D eigenvalue weighted by molar-refractivity contribution is 6.32. The van der Waals surface area contributed by atoms with Crippen LogP contribution in [0.5, 0.6) is 0 Å². The molecule has 2 N–H and O–H groups in total. The van der Waals surface area contributed by atoms with E-state index in [4.69, 9.17) is 39.9 Å². The zero-order valence-electron chi connectivity index (χ0n) is 19.5. The fraction of sp³-hybridized carbons (Fsp3) is 0.115. The molecule has 2 heterocycles. The maximum atomic E-state index is 13.7. The smallest absolute Gasteiger partial charge is 0.272 e. The van der Waals surface area contributed by atoms with Gasteiger partial charge in [0.05, 0.1) is 22.4 Å². The van der Waals surface area contributed by atoms with Crippen molar-refractivity contribution in [2.75, 3.05) is 0 Å². The summed E-state index contributed by atoms with van der Waals surface area (Å²) < 4.78 is 1.67. The van der Waals surface area contributed by atoms with E-state index in [1.807, 2.05) is 55.5 Å². The molecular formula is C26H20Cl3N7O. The number of H-pyrrole nitrogens is 1. The van der Waals surface area contributed by atoms with Crippen LogP contribution in [0.4, 0.5) is 0 Å². The van der Waals surface area contributed by atoms with Gasteiger partial charge in [-0.1, -0.05) is 71.2 Å². The lowest BCUT2D eigenvalue weighted by atomic mass is 10.0. The van der Waals surface area contributed by atoms with E-state index in [0.29, 0.717) is 37.8 Å². The van der Waals surface area contributed by atoms with Crippen molar-refractivity contribution >= 4 is 40.7 Å². The van der Waals surface area contributed by atoms with Gasteiger partial charge < -0.3 is 5.32 Å². The molecule has 0 saturated heterocycles. The molecule has 8 nitrogen and oxygen atoms in total. The second-order valence-corrected chi connectivity index (χ2v) is 9.60. The van der Waals surface area contributed by atoms with Crippen molar-refractivity contribution in [3.63, 3.8) is 0 Å². The molecule has 0 fully saturated rings. The van der Waals surface area contributed by atoms with Crippen molar-refractivity contribution < 1.29 is 4.79 Å². The van der Waals surface area contributed by atoms with Gasteiger partial charge >= 0.3 is 0 Å². The minimum absolute atomic E-state index is 0.218. The van der Waals surface area contributed by atoms with E-state index >= 15 is 0 Å². The van der Waals surface area contributed by atoms with Crippen LogP contribution in [-0.2, 0) is 6.42 Å². The van der Waals surface area contributed by atoms with Gasteiger partial charge in [0.2, 0.25) is 0 Å². The van der Waals surface area contributed by atoms with Crippen LogP contribution >= 0.6 is 34.8 Å². The normalized spacial score (nSPS) is 11.9. The Balaban J connectivity index is 1.67. The Kier molecular flexibility index (Phi) is 7.23. The number of benzene rings is 3. The number of nitrogens with one attached hydrogen (secondary N) is 2. The molecule has 0 bridgehead atoms. The van der Waals surface area contributed by atoms with E-state index in [2.05, 4.69) is 25.9 Å². The topological polar surface area (TPSA) is 101 Å². The molecule has 0 aliphatic carbocycles. The van der Waals surface area contributed by atoms with Crippen molar-refractivity contribution in [3.8, 4) is 16.9 Å². The summed E-state index contributed by atoms with van der Waals surface area (Å²) in [7, 11) is 0. The molecule has 0 unspecified atom stereocenters. The van der Waals surface area contributed by atoms with Gasteiger partial charge in [-0.15, -0.1) is 5.10 Å². The Morgan fingerprint density at radius 1 is 1.00 bits per heavy atom. The molecule has 1 atom stereocenters. The fourth-order valence-corrected chi connectivity index (χ4v) is 4.59. The van der Waals surface area contributed by atoms with Crippen LogP contribution < -0.4 is 5.32 Å². The number of aromatic amines is 1. The molecule has 0 saturated carbocycles. The summed E-state index contributed by atoms with van der Waals surface area (Å²) in [4.78, 5) is 13.7. The van der Waals surface area contributed by atoms with E-state index in [1.165, 1.54) is 0 Å². The van der Waals surface area contributed by atoms with Crippen LogP contribution in [0.3, 0.4) is 0 Å². The molecular weight excluding hydrogens is 533 g/mol. The first kappa shape index (κ1) is 25.0. The van der Waals surface area contributed by atoms with Crippen molar-refractivity contribution in [1.29, 1.82) is 0 Å². The van der Waals surface area contributed by atoms with E-state index in [9.17, 15) is 4.79 Å². The van der Waals surface area contributed by atoms with Crippen LogP contribution in [0.25, 0.3) is 16.9 Å². The van der Waals surface area contributed by atoms with E-state index < -0.39 is 0 Å². The Morgan fingerprint density at radius 3 is 2.49 bits per heavy atom. The fourth-order valence-electron chi connectivity index (χ4n) is 4.05. The average Bonchev–Trinajstić information content (AvgIpc) is 3.53. The monoisotopic (exact) mass is 551 g/mol. The SMILES string of the molecule is C[C@@H](NC(=O)c1nn(-c2ccccc2Cl)c(-c2ccc(Cl)cc2)c1Cc1nnn[nH]1)c1cccc(Cl)c1. The van der Waals surface area contributed by atoms with Crippen LogP contribution in [-0.4, -0.2) is 36.3 Å². The number of rotatable bonds is 7. The van der Waals surface area contributed by atoms with Gasteiger partial charge in [-0.2, -0.15) is 5.10 Å². The molecule has 1 amide bonds. The standard InChI is InChI=1S/C26H20Cl3N7O/c1-15(17-5-4-6-19(28)13-17)30-26(37)24-20(14-23-31-34-35-32-23)25(16-9-11-18(27)12-10-16)36(33-24)22-8-3-2-7-21(22)29/h2-13,15H,14H2,1H3,(H,30,37)(H,31,32,34,35)/t15-/m1/s1. The first-order valence-corrected chi connectivity index (χ1v) is 12.5. The number of tetrazole rings is 1. The predicted octanol–water partition coefficient (Wildman–Crippen LogP) is 6.09. The van der Waals surface area contributed by atoms with Gasteiger partial charge in [0, 0.05) is 27.6 Å².